The Kier molecular flexibility index (Phi) is 7.80. The van der Waals surface area contributed by atoms with Gasteiger partial charge in [-0.05, 0) is 36.5 Å². The van der Waals surface area contributed by atoms with Gasteiger partial charge in [0, 0.05) is 13.1 Å². The van der Waals surface area contributed by atoms with Gasteiger partial charge in [0.15, 0.2) is 5.82 Å². The van der Waals surface area contributed by atoms with Crippen LogP contribution >= 0.6 is 11.8 Å². The fourth-order valence-corrected chi connectivity index (χ4v) is 4.09. The van der Waals surface area contributed by atoms with Crippen LogP contribution in [-0.4, -0.2) is 44.5 Å². The van der Waals surface area contributed by atoms with Crippen molar-refractivity contribution in [3.8, 4) is 5.75 Å². The van der Waals surface area contributed by atoms with Crippen LogP contribution in [0.2, 0.25) is 0 Å². The van der Waals surface area contributed by atoms with Gasteiger partial charge < -0.3 is 15.5 Å². The number of hydrogen-bond donors (Lipinski definition) is 1. The summed E-state index contributed by atoms with van der Waals surface area (Å²) in [6, 6.07) is 8.02. The van der Waals surface area contributed by atoms with Crippen molar-refractivity contribution in [1.82, 2.24) is 19.8 Å². The number of likely N-dealkylation sites (tertiary alicyclic amines) is 1. The van der Waals surface area contributed by atoms with Gasteiger partial charge in [-0.3, -0.25) is 4.79 Å². The fourth-order valence-electron chi connectivity index (χ4n) is 3.32. The molecule has 0 aliphatic carbocycles. The van der Waals surface area contributed by atoms with E-state index >= 15 is 0 Å². The van der Waals surface area contributed by atoms with E-state index in [0.29, 0.717) is 22.7 Å². The third-order valence-electron chi connectivity index (χ3n) is 5.18. The number of rotatable bonds is 7. The number of nitrogens with two attached hydrogens (primary N) is 1. The number of ether oxygens (including phenoxy) is 1. The van der Waals surface area contributed by atoms with Crippen LogP contribution in [0.3, 0.4) is 0 Å². The highest BCUT2D eigenvalue weighted by molar-refractivity contribution is 7.99. The molecule has 0 radical (unpaired) electrons. The third kappa shape index (κ3) is 6.13. The predicted octanol–water partition coefficient (Wildman–Crippen LogP) is 3.58. The molecular weight excluding hydrogens is 386 g/mol. The maximum atomic E-state index is 12.5. The molecule has 0 saturated carbocycles. The van der Waals surface area contributed by atoms with Crippen molar-refractivity contribution in [1.29, 1.82) is 0 Å². The summed E-state index contributed by atoms with van der Waals surface area (Å²) in [5, 5.41) is 8.75. The van der Waals surface area contributed by atoms with E-state index in [2.05, 4.69) is 36.2 Å². The normalized spacial score (nSPS) is 15.2. The monoisotopic (exact) mass is 417 g/mol. The second-order valence-electron chi connectivity index (χ2n) is 7.72. The van der Waals surface area contributed by atoms with E-state index in [1.807, 2.05) is 17.0 Å². The maximum Gasteiger partial charge on any atom is 0.233 e. The lowest BCUT2D eigenvalue weighted by atomic mass is 10.0. The summed E-state index contributed by atoms with van der Waals surface area (Å²) in [5.74, 6) is 8.35. The minimum Gasteiger partial charge on any atom is -0.486 e. The number of carbonyl (C=O) groups is 1. The summed E-state index contributed by atoms with van der Waals surface area (Å²) in [7, 11) is 0. The SMILES string of the molecule is CC(C)c1ccc(OCc2nnc(SCC(=O)N3CCCCCCC3)n2N)cc1. The average molecular weight is 418 g/mol. The van der Waals surface area contributed by atoms with Crippen LogP contribution in [0, 0.1) is 0 Å². The Morgan fingerprint density at radius 3 is 2.41 bits per heavy atom. The number of aromatic nitrogens is 3. The van der Waals surface area contributed by atoms with Crippen molar-refractivity contribution >= 4 is 17.7 Å². The second kappa shape index (κ2) is 10.5. The van der Waals surface area contributed by atoms with E-state index in [1.165, 1.54) is 41.3 Å². The topological polar surface area (TPSA) is 86.3 Å². The smallest absolute Gasteiger partial charge is 0.233 e. The second-order valence-corrected chi connectivity index (χ2v) is 8.66. The lowest BCUT2D eigenvalue weighted by molar-refractivity contribution is -0.128. The molecule has 3 rings (SSSR count). The molecule has 0 bridgehead atoms. The molecule has 1 fully saturated rings. The van der Waals surface area contributed by atoms with Gasteiger partial charge in [-0.15, -0.1) is 10.2 Å². The summed E-state index contributed by atoms with van der Waals surface area (Å²) in [6.45, 7) is 6.24. The van der Waals surface area contributed by atoms with Gasteiger partial charge in [0.2, 0.25) is 11.1 Å². The zero-order valence-electron chi connectivity index (χ0n) is 17.3. The molecule has 1 aromatic heterocycles. The third-order valence-corrected chi connectivity index (χ3v) is 6.11. The molecule has 0 unspecified atom stereocenters. The zero-order valence-corrected chi connectivity index (χ0v) is 18.2. The number of nitrogen functional groups attached to an aromatic ring is 1. The van der Waals surface area contributed by atoms with E-state index in [-0.39, 0.29) is 12.5 Å². The molecule has 1 aliphatic heterocycles. The van der Waals surface area contributed by atoms with E-state index in [4.69, 9.17) is 10.6 Å². The first kappa shape index (κ1) is 21.5. The maximum absolute atomic E-state index is 12.5. The van der Waals surface area contributed by atoms with Crippen LogP contribution in [0.5, 0.6) is 5.75 Å². The average Bonchev–Trinajstić information content (AvgIpc) is 3.04. The van der Waals surface area contributed by atoms with E-state index in [9.17, 15) is 4.79 Å². The quantitative estimate of drug-likeness (QED) is 0.547. The Bertz CT molecular complexity index is 783. The molecule has 8 heteroatoms. The van der Waals surface area contributed by atoms with Crippen molar-refractivity contribution in [2.24, 2.45) is 0 Å². The summed E-state index contributed by atoms with van der Waals surface area (Å²) >= 11 is 1.33. The molecule has 1 aliphatic rings. The Morgan fingerprint density at radius 1 is 1.10 bits per heavy atom. The molecule has 29 heavy (non-hydrogen) atoms. The van der Waals surface area contributed by atoms with Gasteiger partial charge in [0.1, 0.15) is 12.4 Å². The molecule has 2 N–H and O–H groups in total. The standard InChI is InChI=1S/C21H31N5O2S/c1-16(2)17-8-10-18(11-9-17)28-14-19-23-24-21(26(19)22)29-15-20(27)25-12-6-4-3-5-7-13-25/h8-11,16H,3-7,12-15,22H2,1-2H3. The predicted molar refractivity (Wildman–Crippen MR) is 115 cm³/mol. The highest BCUT2D eigenvalue weighted by Crippen LogP contribution is 2.20. The van der Waals surface area contributed by atoms with E-state index < -0.39 is 0 Å². The summed E-state index contributed by atoms with van der Waals surface area (Å²) in [4.78, 5) is 14.5. The first-order chi connectivity index (χ1) is 14.0. The number of carbonyl (C=O) groups excluding carboxylic acids is 1. The van der Waals surface area contributed by atoms with Gasteiger partial charge >= 0.3 is 0 Å². The molecule has 0 spiro atoms. The largest absolute Gasteiger partial charge is 0.486 e. The van der Waals surface area contributed by atoms with Crippen molar-refractivity contribution in [3.63, 3.8) is 0 Å². The lowest BCUT2D eigenvalue weighted by Gasteiger charge is -2.24. The van der Waals surface area contributed by atoms with Crippen LogP contribution in [0.1, 0.15) is 63.3 Å². The number of thioether (sulfide) groups is 1. The van der Waals surface area contributed by atoms with Crippen LogP contribution < -0.4 is 10.6 Å². The number of amides is 1. The molecule has 158 valence electrons. The number of nitrogens with zero attached hydrogens (tertiary/aromatic N) is 4. The van der Waals surface area contributed by atoms with Crippen LogP contribution in [-0.2, 0) is 11.4 Å². The lowest BCUT2D eigenvalue weighted by Crippen LogP contribution is -2.35. The van der Waals surface area contributed by atoms with Crippen LogP contribution in [0.25, 0.3) is 0 Å². The molecule has 1 amide bonds. The Balaban J connectivity index is 1.50. The number of hydrogen-bond acceptors (Lipinski definition) is 6. The Labute approximate surface area is 177 Å². The van der Waals surface area contributed by atoms with Gasteiger partial charge in [-0.25, -0.2) is 4.68 Å². The van der Waals surface area contributed by atoms with Crippen LogP contribution in [0.15, 0.2) is 29.4 Å². The molecular formula is C21H31N5O2S. The van der Waals surface area contributed by atoms with Crippen molar-refractivity contribution in [2.75, 3.05) is 24.7 Å². The minimum atomic E-state index is 0.142. The van der Waals surface area contributed by atoms with Gasteiger partial charge in [-0.1, -0.05) is 57.0 Å². The van der Waals surface area contributed by atoms with E-state index in [1.54, 1.807) is 0 Å². The van der Waals surface area contributed by atoms with Crippen molar-refractivity contribution in [2.45, 2.75) is 63.6 Å². The first-order valence-electron chi connectivity index (χ1n) is 10.4. The number of benzene rings is 1. The first-order valence-corrected chi connectivity index (χ1v) is 11.4. The molecule has 2 heterocycles. The van der Waals surface area contributed by atoms with Gasteiger partial charge in [0.25, 0.3) is 0 Å². The highest BCUT2D eigenvalue weighted by Gasteiger charge is 2.17. The summed E-state index contributed by atoms with van der Waals surface area (Å²) in [5.41, 5.74) is 1.27. The molecule has 1 aromatic carbocycles. The summed E-state index contributed by atoms with van der Waals surface area (Å²) < 4.78 is 7.19. The van der Waals surface area contributed by atoms with Crippen LogP contribution in [0.4, 0.5) is 0 Å². The minimum absolute atomic E-state index is 0.142. The Morgan fingerprint density at radius 2 is 1.76 bits per heavy atom. The summed E-state index contributed by atoms with van der Waals surface area (Å²) in [6.07, 6.45) is 5.86. The van der Waals surface area contributed by atoms with Crippen molar-refractivity contribution < 1.29 is 9.53 Å². The molecule has 7 nitrogen and oxygen atoms in total. The molecule has 0 atom stereocenters. The van der Waals surface area contributed by atoms with Crippen molar-refractivity contribution in [3.05, 3.63) is 35.7 Å². The zero-order chi connectivity index (χ0) is 20.6. The van der Waals surface area contributed by atoms with Gasteiger partial charge in [-0.2, -0.15) is 0 Å². The van der Waals surface area contributed by atoms with Gasteiger partial charge in [0.05, 0.1) is 5.75 Å². The fraction of sp³-hybridized carbons (Fsp3) is 0.571. The Hall–Kier alpha value is -2.22. The molecule has 1 saturated heterocycles. The van der Waals surface area contributed by atoms with E-state index in [0.717, 1.165) is 31.7 Å². The highest BCUT2D eigenvalue weighted by atomic mass is 32.2. The molecule has 2 aromatic rings.